The van der Waals surface area contributed by atoms with Crippen LogP contribution in [0.2, 0.25) is 0 Å². The van der Waals surface area contributed by atoms with E-state index < -0.39 is 12.0 Å². The Morgan fingerprint density at radius 1 is 0.889 bits per heavy atom. The molecule has 1 atom stereocenters. The van der Waals surface area contributed by atoms with E-state index in [0.29, 0.717) is 49.0 Å². The zero-order valence-electron chi connectivity index (χ0n) is 19.6. The topological polar surface area (TPSA) is 124 Å². The zero-order valence-corrected chi connectivity index (χ0v) is 19.6. The number of carboxylic acid groups (broad SMARTS) is 1. The van der Waals surface area contributed by atoms with E-state index in [1.54, 1.807) is 30.9 Å². The van der Waals surface area contributed by atoms with Crippen LogP contribution in [0.5, 0.6) is 5.75 Å². The lowest BCUT2D eigenvalue weighted by Gasteiger charge is -2.36. The van der Waals surface area contributed by atoms with E-state index in [9.17, 15) is 15.0 Å². The number of pyridine rings is 1. The maximum Gasteiger partial charge on any atom is 0.326 e. The lowest BCUT2D eigenvalue weighted by molar-refractivity contribution is -0.138. The molecular formula is C25H26N8O3. The summed E-state index contributed by atoms with van der Waals surface area (Å²) in [6.45, 7) is 3.56. The van der Waals surface area contributed by atoms with Gasteiger partial charge in [-0.3, -0.25) is 9.55 Å². The van der Waals surface area contributed by atoms with Crippen molar-refractivity contribution in [3.63, 3.8) is 0 Å². The van der Waals surface area contributed by atoms with Gasteiger partial charge in [-0.2, -0.15) is 9.97 Å². The van der Waals surface area contributed by atoms with Crippen molar-refractivity contribution in [1.82, 2.24) is 24.5 Å². The summed E-state index contributed by atoms with van der Waals surface area (Å²) in [6, 6.07) is 10.4. The fourth-order valence-corrected chi connectivity index (χ4v) is 5.01. The molecule has 184 valence electrons. The SMILES string of the molecule is O=C(O)C1CCCN1c1nc(N2CCN(c3ccc(O)cc3)CC2)nc2c1ncn2-c1ccncc1. The van der Waals surface area contributed by atoms with Crippen LogP contribution in [0, 0.1) is 0 Å². The van der Waals surface area contributed by atoms with Gasteiger partial charge in [0.05, 0.1) is 5.69 Å². The standard InChI is InChI=1S/C25H26N8O3/c34-19-5-3-17(4-6-19)30-12-14-31(15-13-30)25-28-22(32-11-1-2-20(32)24(35)36)21-23(29-25)33(16-27-21)18-7-9-26-10-8-18/h3-10,16,20,34H,1-2,11-15H2,(H,35,36). The van der Waals surface area contributed by atoms with Gasteiger partial charge in [0, 0.05) is 50.8 Å². The molecule has 11 heteroatoms. The first kappa shape index (κ1) is 22.1. The molecule has 2 saturated heterocycles. The largest absolute Gasteiger partial charge is 0.508 e. The minimum Gasteiger partial charge on any atom is -0.508 e. The molecule has 1 aromatic carbocycles. The number of aromatic nitrogens is 5. The van der Waals surface area contributed by atoms with Crippen LogP contribution in [0.4, 0.5) is 17.5 Å². The molecule has 0 amide bonds. The van der Waals surface area contributed by atoms with Crippen molar-refractivity contribution < 1.29 is 15.0 Å². The molecule has 6 rings (SSSR count). The predicted molar refractivity (Wildman–Crippen MR) is 135 cm³/mol. The maximum absolute atomic E-state index is 12.0. The summed E-state index contributed by atoms with van der Waals surface area (Å²) in [5.74, 6) is 0.527. The first-order valence-corrected chi connectivity index (χ1v) is 12.0. The number of carbonyl (C=O) groups is 1. The van der Waals surface area contributed by atoms with Crippen LogP contribution in [0.15, 0.2) is 55.1 Å². The van der Waals surface area contributed by atoms with Crippen molar-refractivity contribution in [3.05, 3.63) is 55.1 Å². The summed E-state index contributed by atoms with van der Waals surface area (Å²) in [5.41, 5.74) is 3.16. The van der Waals surface area contributed by atoms with Crippen LogP contribution < -0.4 is 14.7 Å². The van der Waals surface area contributed by atoms with E-state index in [1.165, 1.54) is 0 Å². The van der Waals surface area contributed by atoms with Gasteiger partial charge >= 0.3 is 5.97 Å². The van der Waals surface area contributed by atoms with Gasteiger partial charge in [-0.15, -0.1) is 0 Å². The second-order valence-electron chi connectivity index (χ2n) is 9.02. The number of benzene rings is 1. The number of anilines is 3. The van der Waals surface area contributed by atoms with E-state index in [0.717, 1.165) is 30.9 Å². The summed E-state index contributed by atoms with van der Waals surface area (Å²) in [4.78, 5) is 36.8. The van der Waals surface area contributed by atoms with E-state index in [1.807, 2.05) is 33.7 Å². The number of piperazine rings is 1. The van der Waals surface area contributed by atoms with Gasteiger partial charge in [0.25, 0.3) is 0 Å². The van der Waals surface area contributed by atoms with Crippen molar-refractivity contribution in [2.75, 3.05) is 47.4 Å². The lowest BCUT2D eigenvalue weighted by Crippen LogP contribution is -2.47. The number of fused-ring (bicyclic) bond motifs is 1. The molecule has 0 spiro atoms. The Hall–Kier alpha value is -4.41. The number of rotatable bonds is 5. The second-order valence-corrected chi connectivity index (χ2v) is 9.02. The van der Waals surface area contributed by atoms with Gasteiger partial charge in [0.2, 0.25) is 5.95 Å². The monoisotopic (exact) mass is 486 g/mol. The van der Waals surface area contributed by atoms with Gasteiger partial charge in [0.15, 0.2) is 17.0 Å². The molecule has 2 aliphatic rings. The lowest BCUT2D eigenvalue weighted by atomic mass is 10.2. The predicted octanol–water partition coefficient (Wildman–Crippen LogP) is 2.30. The van der Waals surface area contributed by atoms with E-state index >= 15 is 0 Å². The summed E-state index contributed by atoms with van der Waals surface area (Å²) < 4.78 is 1.89. The Labute approximate surface area is 207 Å². The van der Waals surface area contributed by atoms with Crippen molar-refractivity contribution in [1.29, 1.82) is 0 Å². The molecular weight excluding hydrogens is 460 g/mol. The molecule has 3 aromatic heterocycles. The third kappa shape index (κ3) is 3.92. The highest BCUT2D eigenvalue weighted by Gasteiger charge is 2.34. The molecule has 0 aliphatic carbocycles. The molecule has 2 fully saturated rings. The number of hydrogen-bond donors (Lipinski definition) is 2. The molecule has 0 saturated carbocycles. The molecule has 0 radical (unpaired) electrons. The highest BCUT2D eigenvalue weighted by molar-refractivity contribution is 5.89. The summed E-state index contributed by atoms with van der Waals surface area (Å²) >= 11 is 0. The van der Waals surface area contributed by atoms with Gasteiger partial charge in [-0.25, -0.2) is 9.78 Å². The number of imidazole rings is 1. The van der Waals surface area contributed by atoms with Gasteiger partial charge < -0.3 is 24.9 Å². The Kier molecular flexibility index (Phi) is 5.51. The van der Waals surface area contributed by atoms with E-state index in [4.69, 9.17) is 9.97 Å². The van der Waals surface area contributed by atoms with Crippen LogP contribution >= 0.6 is 0 Å². The number of phenolic OH excluding ortho intramolecular Hbond substituents is 1. The quantitative estimate of drug-likeness (QED) is 0.434. The summed E-state index contributed by atoms with van der Waals surface area (Å²) in [5, 5.41) is 19.4. The van der Waals surface area contributed by atoms with Crippen molar-refractivity contribution in [3.8, 4) is 11.4 Å². The molecule has 0 bridgehead atoms. The zero-order chi connectivity index (χ0) is 24.6. The Bertz CT molecular complexity index is 1380. The van der Waals surface area contributed by atoms with Gasteiger partial charge in [0.1, 0.15) is 18.1 Å². The first-order chi connectivity index (χ1) is 17.6. The smallest absolute Gasteiger partial charge is 0.326 e. The second kappa shape index (κ2) is 8.99. The number of hydrogen-bond acceptors (Lipinski definition) is 9. The van der Waals surface area contributed by atoms with Crippen molar-refractivity contribution >= 4 is 34.6 Å². The summed E-state index contributed by atoms with van der Waals surface area (Å²) in [7, 11) is 0. The number of phenols is 1. The third-order valence-electron chi connectivity index (χ3n) is 6.89. The Morgan fingerprint density at radius 3 is 2.33 bits per heavy atom. The van der Waals surface area contributed by atoms with Crippen molar-refractivity contribution in [2.45, 2.75) is 18.9 Å². The average molecular weight is 487 g/mol. The molecule has 2 N–H and O–H groups in total. The highest BCUT2D eigenvalue weighted by Crippen LogP contribution is 2.32. The molecule has 11 nitrogen and oxygen atoms in total. The number of aliphatic carboxylic acids is 1. The first-order valence-electron chi connectivity index (χ1n) is 12.0. The van der Waals surface area contributed by atoms with Crippen LogP contribution in [0.1, 0.15) is 12.8 Å². The molecule has 2 aliphatic heterocycles. The normalized spacial score (nSPS) is 18.2. The van der Waals surface area contributed by atoms with E-state index in [-0.39, 0.29) is 5.75 Å². The fraction of sp³-hybridized carbons (Fsp3) is 0.320. The van der Waals surface area contributed by atoms with Crippen LogP contribution in [-0.2, 0) is 4.79 Å². The summed E-state index contributed by atoms with van der Waals surface area (Å²) in [6.07, 6.45) is 6.50. The number of nitrogens with zero attached hydrogens (tertiary/aromatic N) is 8. The molecule has 36 heavy (non-hydrogen) atoms. The molecule has 4 aromatic rings. The van der Waals surface area contributed by atoms with E-state index in [2.05, 4.69) is 19.8 Å². The van der Waals surface area contributed by atoms with Crippen LogP contribution in [-0.4, -0.2) is 79.5 Å². The fourth-order valence-electron chi connectivity index (χ4n) is 5.01. The Morgan fingerprint density at radius 2 is 1.61 bits per heavy atom. The number of aromatic hydroxyl groups is 1. The Balaban J connectivity index is 1.37. The van der Waals surface area contributed by atoms with Crippen LogP contribution in [0.25, 0.3) is 16.9 Å². The minimum absolute atomic E-state index is 0.249. The van der Waals surface area contributed by atoms with Crippen LogP contribution in [0.3, 0.4) is 0 Å². The average Bonchev–Trinajstić information content (AvgIpc) is 3.57. The highest BCUT2D eigenvalue weighted by atomic mass is 16.4. The van der Waals surface area contributed by atoms with Crippen molar-refractivity contribution in [2.24, 2.45) is 0 Å². The number of carboxylic acids is 1. The minimum atomic E-state index is -0.850. The third-order valence-corrected chi connectivity index (χ3v) is 6.89. The maximum atomic E-state index is 12.0. The molecule has 5 heterocycles. The van der Waals surface area contributed by atoms with Gasteiger partial charge in [-0.1, -0.05) is 0 Å². The molecule has 1 unspecified atom stereocenters. The van der Waals surface area contributed by atoms with Gasteiger partial charge in [-0.05, 0) is 49.2 Å².